The maximum atomic E-state index is 11.7. The normalized spacial score (nSPS) is 10.6. The summed E-state index contributed by atoms with van der Waals surface area (Å²) in [6, 6.07) is 0. The zero-order valence-electron chi connectivity index (χ0n) is 31.6. The Morgan fingerprint density at radius 1 is 0.519 bits per heavy atom. The van der Waals surface area contributed by atoms with Gasteiger partial charge in [0.25, 0.3) is 10.5 Å². The van der Waals surface area contributed by atoms with Crippen LogP contribution >= 0.6 is 48.8 Å². The summed E-state index contributed by atoms with van der Waals surface area (Å²) in [6.07, 6.45) is 9.89. The van der Waals surface area contributed by atoms with E-state index in [1.165, 1.54) is 56.3 Å². The monoisotopic (exact) mass is 820 g/mol. The number of ether oxygens (including phenoxy) is 6. The summed E-state index contributed by atoms with van der Waals surface area (Å²) in [4.78, 5) is 45.6. The number of carbonyl (C=O) groups excluding carboxylic acids is 4. The van der Waals surface area contributed by atoms with Crippen LogP contribution in [-0.4, -0.2) is 145 Å². The molecule has 4 amide bonds. The lowest BCUT2D eigenvalue weighted by atomic mass is 10.1. The summed E-state index contributed by atoms with van der Waals surface area (Å²) in [5, 5.41) is 11.0. The molecule has 0 aliphatic heterocycles. The van der Waals surface area contributed by atoms with Crippen LogP contribution in [0.2, 0.25) is 0 Å². The first-order valence-electron chi connectivity index (χ1n) is 18.4. The van der Waals surface area contributed by atoms with Gasteiger partial charge in [-0.1, -0.05) is 69.0 Å². The number of thioether (sulfide) groups is 2. The molecule has 18 heteroatoms. The molecule has 0 saturated carbocycles. The predicted molar refractivity (Wildman–Crippen MR) is 219 cm³/mol. The zero-order chi connectivity index (χ0) is 38.6. The molecule has 0 heterocycles. The molecule has 0 aromatic carbocycles. The second-order valence-electron chi connectivity index (χ2n) is 11.0. The molecule has 308 valence electrons. The third kappa shape index (κ3) is 46.9. The van der Waals surface area contributed by atoms with Crippen molar-refractivity contribution < 1.29 is 47.6 Å². The molecule has 0 radical (unpaired) electrons. The van der Waals surface area contributed by atoms with Gasteiger partial charge in [-0.2, -0.15) is 25.3 Å². The van der Waals surface area contributed by atoms with Crippen LogP contribution in [0.4, 0.5) is 14.4 Å². The minimum Gasteiger partial charge on any atom is -0.449 e. The molecule has 0 aliphatic carbocycles. The molecular weight excluding hydrogens is 753 g/mol. The van der Waals surface area contributed by atoms with Crippen LogP contribution in [0, 0.1) is 0 Å². The van der Waals surface area contributed by atoms with E-state index in [4.69, 9.17) is 28.4 Å². The maximum Gasteiger partial charge on any atom is 0.406 e. The lowest BCUT2D eigenvalue weighted by molar-refractivity contribution is -0.125. The van der Waals surface area contributed by atoms with E-state index in [2.05, 4.69) is 53.4 Å². The number of hydrogen-bond donors (Lipinski definition) is 6. The van der Waals surface area contributed by atoms with Gasteiger partial charge in [0.05, 0.1) is 66.1 Å². The molecule has 0 rings (SSSR count). The fourth-order valence-corrected chi connectivity index (χ4v) is 5.26. The highest BCUT2D eigenvalue weighted by Gasteiger charge is 2.04. The van der Waals surface area contributed by atoms with E-state index < -0.39 is 6.09 Å². The first-order chi connectivity index (χ1) is 25.4. The van der Waals surface area contributed by atoms with E-state index in [0.29, 0.717) is 96.2 Å². The molecule has 0 bridgehead atoms. The van der Waals surface area contributed by atoms with Crippen LogP contribution in [0.1, 0.15) is 71.1 Å². The van der Waals surface area contributed by atoms with Gasteiger partial charge < -0.3 is 49.7 Å². The molecule has 0 unspecified atom stereocenters. The van der Waals surface area contributed by atoms with Gasteiger partial charge in [-0.05, 0) is 19.3 Å². The average Bonchev–Trinajstić information content (AvgIpc) is 3.14. The second-order valence-corrected chi connectivity index (χ2v) is 14.0. The third-order valence-electron chi connectivity index (χ3n) is 6.49. The smallest absolute Gasteiger partial charge is 0.406 e. The Morgan fingerprint density at radius 3 is 1.44 bits per heavy atom. The van der Waals surface area contributed by atoms with E-state index >= 15 is 0 Å². The summed E-state index contributed by atoms with van der Waals surface area (Å²) < 4.78 is 31.2. The lowest BCUT2D eigenvalue weighted by Crippen LogP contribution is -2.28. The lowest BCUT2D eigenvalue weighted by Gasteiger charge is -2.07. The molecule has 14 nitrogen and oxygen atoms in total. The van der Waals surface area contributed by atoms with Crippen molar-refractivity contribution in [2.45, 2.75) is 71.1 Å². The molecule has 0 atom stereocenters. The molecule has 0 aromatic heterocycles. The van der Waals surface area contributed by atoms with Gasteiger partial charge in [0, 0.05) is 56.1 Å². The van der Waals surface area contributed by atoms with Crippen molar-refractivity contribution >= 4 is 71.3 Å². The summed E-state index contributed by atoms with van der Waals surface area (Å²) in [5.41, 5.74) is 0. The van der Waals surface area contributed by atoms with Gasteiger partial charge in [0.15, 0.2) is 0 Å². The van der Waals surface area contributed by atoms with Crippen molar-refractivity contribution in [2.24, 2.45) is 0 Å². The quantitative estimate of drug-likeness (QED) is 0.0366. The van der Waals surface area contributed by atoms with E-state index in [1.54, 1.807) is 0 Å². The maximum absolute atomic E-state index is 11.7. The number of thiol groups is 2. The van der Waals surface area contributed by atoms with Crippen LogP contribution in [0.15, 0.2) is 0 Å². The molecule has 52 heavy (non-hydrogen) atoms. The van der Waals surface area contributed by atoms with Gasteiger partial charge in [0.1, 0.15) is 6.61 Å². The number of nitrogens with one attached hydrogen (secondary N) is 4. The molecule has 0 fully saturated rings. The molecular formula is C34H68N4O10S4. The average molecular weight is 821 g/mol. The highest BCUT2D eigenvalue weighted by Crippen LogP contribution is 2.05. The van der Waals surface area contributed by atoms with Gasteiger partial charge in [0.2, 0.25) is 5.91 Å². The largest absolute Gasteiger partial charge is 0.449 e. The van der Waals surface area contributed by atoms with Crippen LogP contribution in [0.3, 0.4) is 0 Å². The standard InChI is InChI=1S/C20H39N3O7S2.C14H29NO3S2/c1-21-19(25)30-10-6-9-29-17-18(24)22-7-4-2-3-5-8-23-20(26)32-16-14-28-12-11-27-13-15-31;1-2-3-4-5-6-7-15-14(16)20-13-11-18-9-8-17-10-12-19/h31H,2-17H2,1H3,(H,21,25)(H,22,24)(H,23,26);19H,2-13H2,1H3,(H,15,16). The number of unbranched alkanes of at least 4 members (excludes halogenated alkanes) is 7. The van der Waals surface area contributed by atoms with E-state index in [9.17, 15) is 19.2 Å². The minimum absolute atomic E-state index is 0.00143. The second kappa shape index (κ2) is 46.0. The Bertz CT molecular complexity index is 826. The first kappa shape index (κ1) is 53.0. The van der Waals surface area contributed by atoms with Crippen LogP contribution in [0.25, 0.3) is 0 Å². The highest BCUT2D eigenvalue weighted by molar-refractivity contribution is 8.13. The van der Waals surface area contributed by atoms with E-state index in [0.717, 1.165) is 44.4 Å². The number of hydrogen-bond acceptors (Lipinski definition) is 14. The Kier molecular flexibility index (Phi) is 46.9. The first-order valence-corrected chi connectivity index (χ1v) is 21.7. The van der Waals surface area contributed by atoms with Crippen molar-refractivity contribution in [2.75, 3.05) is 122 Å². The van der Waals surface area contributed by atoms with Crippen molar-refractivity contribution in [3.05, 3.63) is 0 Å². The Labute approximate surface area is 332 Å². The number of alkyl carbamates (subject to hydrolysis) is 1. The van der Waals surface area contributed by atoms with Crippen LogP contribution in [-0.2, 0) is 33.2 Å². The zero-order valence-corrected chi connectivity index (χ0v) is 35.0. The van der Waals surface area contributed by atoms with Crippen molar-refractivity contribution in [1.29, 1.82) is 0 Å². The third-order valence-corrected chi connectivity index (χ3v) is 8.40. The Hall–Kier alpha value is -1.12. The summed E-state index contributed by atoms with van der Waals surface area (Å²) in [6.45, 7) is 9.46. The van der Waals surface area contributed by atoms with Crippen molar-refractivity contribution in [3.8, 4) is 0 Å². The van der Waals surface area contributed by atoms with Gasteiger partial charge in [-0.3, -0.25) is 14.4 Å². The topological polar surface area (TPSA) is 172 Å². The molecule has 0 aromatic rings. The Morgan fingerprint density at radius 2 is 0.981 bits per heavy atom. The fraction of sp³-hybridized carbons (Fsp3) is 0.882. The number of rotatable bonds is 35. The van der Waals surface area contributed by atoms with Gasteiger partial charge in [-0.15, -0.1) is 0 Å². The van der Waals surface area contributed by atoms with Crippen LogP contribution < -0.4 is 21.3 Å². The van der Waals surface area contributed by atoms with Crippen molar-refractivity contribution in [1.82, 2.24) is 21.3 Å². The molecule has 4 N–H and O–H groups in total. The van der Waals surface area contributed by atoms with Crippen molar-refractivity contribution in [3.63, 3.8) is 0 Å². The SMILES string of the molecule is CCCCCCCNC(=O)SCCOCCOCCS.CNC(=O)OCCCOCC(=O)NCCCCCCNC(=O)SCCOCCOCCS. The predicted octanol–water partition coefficient (Wildman–Crippen LogP) is 5.19. The summed E-state index contributed by atoms with van der Waals surface area (Å²) in [5.74, 6) is 2.58. The fourth-order valence-electron chi connectivity index (χ4n) is 3.82. The summed E-state index contributed by atoms with van der Waals surface area (Å²) in [7, 11) is 1.49. The van der Waals surface area contributed by atoms with Crippen LogP contribution in [0.5, 0.6) is 0 Å². The molecule has 0 aliphatic rings. The number of carbonyl (C=O) groups is 4. The van der Waals surface area contributed by atoms with Gasteiger partial charge in [-0.25, -0.2) is 4.79 Å². The van der Waals surface area contributed by atoms with E-state index in [-0.39, 0.29) is 29.6 Å². The minimum atomic E-state index is -0.479. The number of amides is 4. The van der Waals surface area contributed by atoms with Gasteiger partial charge >= 0.3 is 6.09 Å². The Balaban J connectivity index is 0. The molecule has 0 spiro atoms. The summed E-state index contributed by atoms with van der Waals surface area (Å²) >= 11 is 10.6. The highest BCUT2D eigenvalue weighted by atomic mass is 32.2. The molecule has 0 saturated heterocycles. The van der Waals surface area contributed by atoms with E-state index in [1.807, 2.05) is 0 Å².